The number of amides is 1. The molecule has 2 aromatic carbocycles. The maximum atomic E-state index is 12.6. The maximum Gasteiger partial charge on any atom is 0.387 e. The van der Waals surface area contributed by atoms with E-state index in [4.69, 9.17) is 0 Å². The van der Waals surface area contributed by atoms with Crippen LogP contribution < -0.4 is 9.75 Å². The van der Waals surface area contributed by atoms with E-state index in [1.54, 1.807) is 49.4 Å². The van der Waals surface area contributed by atoms with Crippen LogP contribution in [-0.4, -0.2) is 18.2 Å². The van der Waals surface area contributed by atoms with Crippen LogP contribution in [-0.2, 0) is 4.79 Å². The van der Waals surface area contributed by atoms with Crippen molar-refractivity contribution in [3.8, 4) is 5.75 Å². The number of ether oxygens (including phenoxy) is 1. The molecule has 6 heteroatoms. The predicted octanol–water partition coefficient (Wildman–Crippen LogP) is 4.09. The fourth-order valence-electron chi connectivity index (χ4n) is 2.39. The second-order valence-electron chi connectivity index (χ2n) is 5.11. The molecule has 0 aromatic heterocycles. The minimum atomic E-state index is -2.93. The summed E-state index contributed by atoms with van der Waals surface area (Å²) in [5.41, 5.74) is 1.88. The van der Waals surface area contributed by atoms with Gasteiger partial charge in [0, 0.05) is 5.56 Å². The van der Waals surface area contributed by atoms with Gasteiger partial charge in [-0.05, 0) is 31.2 Å². The van der Waals surface area contributed by atoms with Crippen LogP contribution >= 0.6 is 0 Å². The zero-order valence-electron chi connectivity index (χ0n) is 12.8. The Morgan fingerprint density at radius 2 is 1.75 bits per heavy atom. The lowest BCUT2D eigenvalue weighted by molar-refractivity contribution is -0.114. The van der Waals surface area contributed by atoms with Crippen LogP contribution in [0.25, 0.3) is 6.08 Å². The lowest BCUT2D eigenvalue weighted by Gasteiger charge is -2.11. The SMILES string of the molecule is CC1=NN(c2ccccc2)C(=O)/C1=C\c1ccccc1OC(F)F. The predicted molar refractivity (Wildman–Crippen MR) is 88.1 cm³/mol. The number of anilines is 1. The first-order valence-electron chi connectivity index (χ1n) is 7.27. The normalized spacial score (nSPS) is 16.0. The number of halogens is 2. The maximum absolute atomic E-state index is 12.6. The van der Waals surface area contributed by atoms with E-state index in [0.717, 1.165) is 0 Å². The van der Waals surface area contributed by atoms with Gasteiger partial charge in [-0.15, -0.1) is 0 Å². The summed E-state index contributed by atoms with van der Waals surface area (Å²) in [5, 5.41) is 5.54. The quantitative estimate of drug-likeness (QED) is 0.793. The Balaban J connectivity index is 1.95. The Bertz CT molecular complexity index is 817. The van der Waals surface area contributed by atoms with Crippen molar-refractivity contribution in [1.29, 1.82) is 0 Å². The molecule has 0 fully saturated rings. The minimum absolute atomic E-state index is 0.0127. The molecule has 3 rings (SSSR count). The summed E-state index contributed by atoms with van der Waals surface area (Å²) in [4.78, 5) is 12.6. The molecule has 1 aliphatic heterocycles. The number of para-hydroxylation sites is 2. The Morgan fingerprint density at radius 1 is 1.08 bits per heavy atom. The lowest BCUT2D eigenvalue weighted by Crippen LogP contribution is -2.21. The molecule has 0 atom stereocenters. The summed E-state index contributed by atoms with van der Waals surface area (Å²) in [6.45, 7) is -1.23. The van der Waals surface area contributed by atoms with Gasteiger partial charge in [0.15, 0.2) is 0 Å². The Kier molecular flexibility index (Phi) is 4.37. The summed E-state index contributed by atoms with van der Waals surface area (Å²) in [5.74, 6) is -0.302. The van der Waals surface area contributed by atoms with Crippen molar-refractivity contribution >= 4 is 23.4 Å². The van der Waals surface area contributed by atoms with Gasteiger partial charge >= 0.3 is 6.61 Å². The molecule has 1 amide bonds. The fourth-order valence-corrected chi connectivity index (χ4v) is 2.39. The molecular formula is C18H14F2N2O2. The molecule has 0 aliphatic carbocycles. The fraction of sp³-hybridized carbons (Fsp3) is 0.111. The molecule has 0 bridgehead atoms. The van der Waals surface area contributed by atoms with Crippen molar-refractivity contribution in [3.05, 3.63) is 65.7 Å². The smallest absolute Gasteiger partial charge is 0.387 e. The minimum Gasteiger partial charge on any atom is -0.434 e. The number of benzene rings is 2. The van der Waals surface area contributed by atoms with E-state index in [2.05, 4.69) is 9.84 Å². The molecule has 1 heterocycles. The highest BCUT2D eigenvalue weighted by Crippen LogP contribution is 2.28. The van der Waals surface area contributed by atoms with Crippen LogP contribution in [0.2, 0.25) is 0 Å². The van der Waals surface area contributed by atoms with E-state index in [0.29, 0.717) is 22.5 Å². The second kappa shape index (κ2) is 6.62. The van der Waals surface area contributed by atoms with Gasteiger partial charge < -0.3 is 4.74 Å². The Hall–Kier alpha value is -3.02. The number of carbonyl (C=O) groups is 1. The molecule has 0 saturated heterocycles. The van der Waals surface area contributed by atoms with Crippen molar-refractivity contribution in [2.75, 3.05) is 5.01 Å². The average Bonchev–Trinajstić information content (AvgIpc) is 2.85. The van der Waals surface area contributed by atoms with Crippen molar-refractivity contribution in [1.82, 2.24) is 0 Å². The van der Waals surface area contributed by atoms with Crippen molar-refractivity contribution in [3.63, 3.8) is 0 Å². The van der Waals surface area contributed by atoms with Gasteiger partial charge in [0.2, 0.25) is 0 Å². The molecule has 0 saturated carbocycles. The zero-order valence-corrected chi connectivity index (χ0v) is 12.8. The number of rotatable bonds is 4. The molecule has 24 heavy (non-hydrogen) atoms. The zero-order chi connectivity index (χ0) is 17.1. The summed E-state index contributed by atoms with van der Waals surface area (Å²) in [7, 11) is 0. The van der Waals surface area contributed by atoms with Gasteiger partial charge in [0.05, 0.1) is 17.0 Å². The number of hydrogen-bond donors (Lipinski definition) is 0. The van der Waals surface area contributed by atoms with E-state index in [9.17, 15) is 13.6 Å². The summed E-state index contributed by atoms with van der Waals surface area (Å²) >= 11 is 0. The Labute approximate surface area is 137 Å². The lowest BCUT2D eigenvalue weighted by atomic mass is 10.1. The van der Waals surface area contributed by atoms with Crippen LogP contribution in [0.15, 0.2) is 65.3 Å². The van der Waals surface area contributed by atoms with Crippen LogP contribution in [0.1, 0.15) is 12.5 Å². The highest BCUT2D eigenvalue weighted by Gasteiger charge is 2.28. The van der Waals surface area contributed by atoms with E-state index in [1.165, 1.54) is 17.2 Å². The third-order valence-corrected chi connectivity index (χ3v) is 3.50. The largest absolute Gasteiger partial charge is 0.434 e. The van der Waals surface area contributed by atoms with Gasteiger partial charge in [0.25, 0.3) is 5.91 Å². The van der Waals surface area contributed by atoms with Crippen LogP contribution in [0, 0.1) is 0 Å². The van der Waals surface area contributed by atoms with Gasteiger partial charge in [-0.3, -0.25) is 4.79 Å². The number of nitrogens with zero attached hydrogens (tertiary/aromatic N) is 2. The van der Waals surface area contributed by atoms with Gasteiger partial charge in [0.1, 0.15) is 5.75 Å². The first-order valence-corrected chi connectivity index (χ1v) is 7.27. The van der Waals surface area contributed by atoms with E-state index >= 15 is 0 Å². The Morgan fingerprint density at radius 3 is 2.46 bits per heavy atom. The highest BCUT2D eigenvalue weighted by molar-refractivity contribution is 6.32. The molecule has 0 N–H and O–H groups in total. The summed E-state index contributed by atoms with van der Waals surface area (Å²) < 4.78 is 29.5. The molecule has 122 valence electrons. The average molecular weight is 328 g/mol. The first-order chi connectivity index (χ1) is 11.6. The van der Waals surface area contributed by atoms with Crippen LogP contribution in [0.4, 0.5) is 14.5 Å². The third-order valence-electron chi connectivity index (χ3n) is 3.50. The standard InChI is InChI=1S/C18H14F2N2O2/c1-12-15(11-13-7-5-6-10-16(13)24-18(19)20)17(23)22(21-12)14-8-3-2-4-9-14/h2-11,18H,1H3/b15-11-. The summed E-state index contributed by atoms with van der Waals surface area (Å²) in [6.07, 6.45) is 1.52. The molecule has 0 unspecified atom stereocenters. The van der Waals surface area contributed by atoms with E-state index in [-0.39, 0.29) is 11.7 Å². The molecule has 1 aliphatic rings. The van der Waals surface area contributed by atoms with Gasteiger partial charge in [-0.1, -0.05) is 36.4 Å². The van der Waals surface area contributed by atoms with E-state index in [1.807, 2.05) is 6.07 Å². The van der Waals surface area contributed by atoms with Crippen molar-refractivity contribution < 1.29 is 18.3 Å². The second-order valence-corrected chi connectivity index (χ2v) is 5.11. The number of carbonyl (C=O) groups excluding carboxylic acids is 1. The molecule has 2 aromatic rings. The first kappa shape index (κ1) is 15.9. The molecule has 4 nitrogen and oxygen atoms in total. The number of alkyl halides is 2. The van der Waals surface area contributed by atoms with Crippen LogP contribution in [0.5, 0.6) is 5.75 Å². The third kappa shape index (κ3) is 3.17. The molecular weight excluding hydrogens is 314 g/mol. The van der Waals surface area contributed by atoms with Crippen molar-refractivity contribution in [2.24, 2.45) is 5.10 Å². The molecule has 0 spiro atoms. The highest BCUT2D eigenvalue weighted by atomic mass is 19.3. The topological polar surface area (TPSA) is 41.9 Å². The monoisotopic (exact) mass is 328 g/mol. The van der Waals surface area contributed by atoms with E-state index < -0.39 is 6.61 Å². The van der Waals surface area contributed by atoms with Crippen molar-refractivity contribution in [2.45, 2.75) is 13.5 Å². The van der Waals surface area contributed by atoms with Crippen LogP contribution in [0.3, 0.4) is 0 Å². The van der Waals surface area contributed by atoms with Gasteiger partial charge in [-0.2, -0.15) is 18.9 Å². The number of hydrazone groups is 1. The van der Waals surface area contributed by atoms with Gasteiger partial charge in [-0.25, -0.2) is 0 Å². The number of hydrogen-bond acceptors (Lipinski definition) is 3. The molecule has 0 radical (unpaired) electrons. The summed E-state index contributed by atoms with van der Waals surface area (Å²) in [6, 6.07) is 15.3.